The van der Waals surface area contributed by atoms with Crippen molar-refractivity contribution in [3.63, 3.8) is 0 Å². The number of benzene rings is 9. The highest BCUT2D eigenvalue weighted by atomic mass is 16.3. The molecular formula is C52H35NO. The van der Waals surface area contributed by atoms with E-state index in [4.69, 9.17) is 4.42 Å². The average Bonchev–Trinajstić information content (AvgIpc) is 3.64. The van der Waals surface area contributed by atoms with Gasteiger partial charge in [0.15, 0.2) is 5.58 Å². The minimum Gasteiger partial charge on any atom is -0.454 e. The Morgan fingerprint density at radius 3 is 1.70 bits per heavy atom. The Balaban J connectivity index is 1.13. The monoisotopic (exact) mass is 689 g/mol. The van der Waals surface area contributed by atoms with Crippen molar-refractivity contribution < 1.29 is 4.42 Å². The third kappa shape index (κ3) is 5.62. The van der Waals surface area contributed by atoms with E-state index in [1.165, 1.54) is 44.2 Å². The van der Waals surface area contributed by atoms with Crippen LogP contribution < -0.4 is 4.90 Å². The van der Waals surface area contributed by atoms with E-state index >= 15 is 0 Å². The van der Waals surface area contributed by atoms with Crippen molar-refractivity contribution in [2.45, 2.75) is 0 Å². The molecule has 2 nitrogen and oxygen atoms in total. The molecule has 1 aromatic heterocycles. The summed E-state index contributed by atoms with van der Waals surface area (Å²) >= 11 is 0. The smallest absolute Gasteiger partial charge is 0.159 e. The van der Waals surface area contributed by atoms with Crippen molar-refractivity contribution in [1.29, 1.82) is 0 Å². The van der Waals surface area contributed by atoms with Crippen LogP contribution in [0.3, 0.4) is 0 Å². The zero-order valence-corrected chi connectivity index (χ0v) is 29.6. The maximum Gasteiger partial charge on any atom is 0.159 e. The lowest BCUT2D eigenvalue weighted by atomic mass is 9.91. The normalized spacial score (nSPS) is 11.3. The third-order valence-electron chi connectivity index (χ3n) is 10.5. The van der Waals surface area contributed by atoms with Gasteiger partial charge in [-0.25, -0.2) is 0 Å². The lowest BCUT2D eigenvalue weighted by Crippen LogP contribution is -2.10. The molecule has 10 rings (SSSR count). The van der Waals surface area contributed by atoms with Gasteiger partial charge >= 0.3 is 0 Å². The molecule has 0 saturated carbocycles. The fraction of sp³-hybridized carbons (Fsp3) is 0. The molecule has 0 radical (unpaired) electrons. The summed E-state index contributed by atoms with van der Waals surface area (Å²) in [5.41, 5.74) is 14.3. The van der Waals surface area contributed by atoms with Crippen LogP contribution in [0.25, 0.3) is 77.2 Å². The van der Waals surface area contributed by atoms with E-state index in [2.05, 4.69) is 205 Å². The molecule has 0 spiro atoms. The molecule has 0 unspecified atom stereocenters. The zero-order valence-electron chi connectivity index (χ0n) is 29.6. The van der Waals surface area contributed by atoms with Gasteiger partial charge in [0.05, 0.1) is 5.69 Å². The Kier molecular flexibility index (Phi) is 7.85. The summed E-state index contributed by atoms with van der Waals surface area (Å²) in [5, 5.41) is 4.70. The fourth-order valence-corrected chi connectivity index (χ4v) is 7.88. The molecule has 0 amide bonds. The number of anilines is 3. The number of hydrogen-bond acceptors (Lipinski definition) is 2. The molecule has 10 aromatic rings. The van der Waals surface area contributed by atoms with Crippen molar-refractivity contribution >= 4 is 49.8 Å². The summed E-state index contributed by atoms with van der Waals surface area (Å²) in [4.78, 5) is 2.33. The molecule has 0 aliphatic rings. The van der Waals surface area contributed by atoms with Crippen LogP contribution >= 0.6 is 0 Å². The molecule has 254 valence electrons. The molecule has 0 fully saturated rings. The van der Waals surface area contributed by atoms with Gasteiger partial charge in [-0.2, -0.15) is 0 Å². The zero-order chi connectivity index (χ0) is 35.8. The highest BCUT2D eigenvalue weighted by Gasteiger charge is 2.20. The van der Waals surface area contributed by atoms with Crippen LogP contribution in [-0.4, -0.2) is 0 Å². The predicted molar refractivity (Wildman–Crippen MR) is 228 cm³/mol. The summed E-state index contributed by atoms with van der Waals surface area (Å²) in [7, 11) is 0. The molecule has 0 bridgehead atoms. The van der Waals surface area contributed by atoms with Crippen LogP contribution in [0, 0.1) is 0 Å². The second kappa shape index (κ2) is 13.4. The fourth-order valence-electron chi connectivity index (χ4n) is 7.88. The summed E-state index contributed by atoms with van der Waals surface area (Å²) < 4.78 is 6.64. The molecule has 0 N–H and O–H groups in total. The average molecular weight is 690 g/mol. The Hall–Kier alpha value is -7.16. The van der Waals surface area contributed by atoms with E-state index < -0.39 is 0 Å². The standard InChI is InChI=1S/C52H35NO/c1-3-14-36(15-4-1)46-33-30-41(35-49(46)38-16-5-2-6-17-38)40-20-11-21-43(34-40)53(50-26-13-25-48-47-23-9-10-27-51(47)54-52(48)50)42-31-28-39(29-32-42)45-24-12-19-37-18-7-8-22-44(37)45/h1-35H. The second-order valence-corrected chi connectivity index (χ2v) is 13.7. The number of fused-ring (bicyclic) bond motifs is 4. The minimum atomic E-state index is 0.862. The number of rotatable bonds is 7. The van der Waals surface area contributed by atoms with E-state index in [1.807, 2.05) is 12.1 Å². The Bertz CT molecular complexity index is 2920. The summed E-state index contributed by atoms with van der Waals surface area (Å²) in [6, 6.07) is 75.8. The van der Waals surface area contributed by atoms with Gasteiger partial charge in [0.2, 0.25) is 0 Å². The predicted octanol–water partition coefficient (Wildman–Crippen LogP) is 14.9. The van der Waals surface area contributed by atoms with Crippen molar-refractivity contribution in [3.05, 3.63) is 212 Å². The van der Waals surface area contributed by atoms with Crippen molar-refractivity contribution in [3.8, 4) is 44.5 Å². The second-order valence-electron chi connectivity index (χ2n) is 13.7. The highest BCUT2D eigenvalue weighted by Crippen LogP contribution is 2.44. The quantitative estimate of drug-likeness (QED) is 0.166. The summed E-state index contributed by atoms with van der Waals surface area (Å²) in [6.07, 6.45) is 0. The number of hydrogen-bond donors (Lipinski definition) is 0. The summed E-state index contributed by atoms with van der Waals surface area (Å²) in [6.45, 7) is 0. The van der Waals surface area contributed by atoms with Gasteiger partial charge < -0.3 is 9.32 Å². The topological polar surface area (TPSA) is 16.4 Å². The van der Waals surface area contributed by atoms with Gasteiger partial charge in [0, 0.05) is 22.1 Å². The van der Waals surface area contributed by atoms with Gasteiger partial charge in [0.25, 0.3) is 0 Å². The molecule has 0 atom stereocenters. The first-order chi connectivity index (χ1) is 26.8. The van der Waals surface area contributed by atoms with Gasteiger partial charge in [-0.1, -0.05) is 170 Å². The molecule has 9 aromatic carbocycles. The molecule has 0 aliphatic heterocycles. The van der Waals surface area contributed by atoms with E-state index in [9.17, 15) is 0 Å². The molecule has 2 heteroatoms. The van der Waals surface area contributed by atoms with Crippen LogP contribution in [-0.2, 0) is 0 Å². The van der Waals surface area contributed by atoms with Crippen LogP contribution in [0.4, 0.5) is 17.1 Å². The maximum absolute atomic E-state index is 6.64. The minimum absolute atomic E-state index is 0.862. The highest BCUT2D eigenvalue weighted by molar-refractivity contribution is 6.10. The Morgan fingerprint density at radius 1 is 0.315 bits per heavy atom. The van der Waals surface area contributed by atoms with Gasteiger partial charge in [-0.3, -0.25) is 0 Å². The maximum atomic E-state index is 6.64. The SMILES string of the molecule is c1ccc(-c2ccc(-c3cccc(N(c4ccc(-c5cccc6ccccc56)cc4)c4cccc5c4oc4ccccc45)c3)cc2-c2ccccc2)cc1. The summed E-state index contributed by atoms with van der Waals surface area (Å²) in [5.74, 6) is 0. The largest absolute Gasteiger partial charge is 0.454 e. The number of furan rings is 1. The molecule has 0 aliphatic carbocycles. The van der Waals surface area contributed by atoms with Crippen LogP contribution in [0.2, 0.25) is 0 Å². The lowest BCUT2D eigenvalue weighted by Gasteiger charge is -2.26. The third-order valence-corrected chi connectivity index (χ3v) is 10.5. The molecule has 0 saturated heterocycles. The van der Waals surface area contributed by atoms with Gasteiger partial charge in [-0.15, -0.1) is 0 Å². The van der Waals surface area contributed by atoms with E-state index in [0.29, 0.717) is 0 Å². The van der Waals surface area contributed by atoms with E-state index in [0.717, 1.165) is 50.1 Å². The lowest BCUT2D eigenvalue weighted by molar-refractivity contribution is 0.669. The van der Waals surface area contributed by atoms with Crippen LogP contribution in [0.5, 0.6) is 0 Å². The first kappa shape index (κ1) is 31.6. The molecule has 54 heavy (non-hydrogen) atoms. The number of para-hydroxylation sites is 2. The Labute approximate surface area is 314 Å². The number of nitrogens with zero attached hydrogens (tertiary/aromatic N) is 1. The van der Waals surface area contributed by atoms with Crippen molar-refractivity contribution in [2.75, 3.05) is 4.90 Å². The van der Waals surface area contributed by atoms with E-state index in [1.54, 1.807) is 0 Å². The van der Waals surface area contributed by atoms with Gasteiger partial charge in [-0.05, 0) is 97.7 Å². The van der Waals surface area contributed by atoms with Crippen LogP contribution in [0.1, 0.15) is 0 Å². The molecular weight excluding hydrogens is 655 g/mol. The molecule has 1 heterocycles. The van der Waals surface area contributed by atoms with Crippen molar-refractivity contribution in [2.24, 2.45) is 0 Å². The van der Waals surface area contributed by atoms with Crippen LogP contribution in [0.15, 0.2) is 217 Å². The van der Waals surface area contributed by atoms with E-state index in [-0.39, 0.29) is 0 Å². The first-order valence-electron chi connectivity index (χ1n) is 18.4. The van der Waals surface area contributed by atoms with Gasteiger partial charge in [0.1, 0.15) is 5.58 Å². The Morgan fingerprint density at radius 2 is 0.889 bits per heavy atom. The van der Waals surface area contributed by atoms with Crippen molar-refractivity contribution in [1.82, 2.24) is 0 Å². The first-order valence-corrected chi connectivity index (χ1v) is 18.4.